The Labute approximate surface area is 96.2 Å². The second-order valence-corrected chi connectivity index (χ2v) is 4.30. The molecule has 0 unspecified atom stereocenters. The average molecular weight is 218 g/mol. The third kappa shape index (κ3) is 1.95. The van der Waals surface area contributed by atoms with Crippen LogP contribution in [0.1, 0.15) is 24.0 Å². The van der Waals surface area contributed by atoms with Crippen molar-refractivity contribution in [3.63, 3.8) is 0 Å². The lowest BCUT2D eigenvalue weighted by atomic mass is 10.0. The molecular formula is C13H18N2O. The standard InChI is InChI=1S/C13H18N2O/c1-15-12(16)9-11-7-4-6-10(13(11)15)5-2-3-8-14/h4,6-7H,2-3,5,8-9,14H2,1H3. The molecule has 1 aromatic rings. The number of aryl methyl sites for hydroxylation is 1. The van der Waals surface area contributed by atoms with E-state index in [0.717, 1.165) is 37.1 Å². The van der Waals surface area contributed by atoms with Crippen molar-refractivity contribution in [2.75, 3.05) is 18.5 Å². The van der Waals surface area contributed by atoms with Crippen LogP contribution in [-0.4, -0.2) is 19.5 Å². The van der Waals surface area contributed by atoms with Crippen molar-refractivity contribution in [1.29, 1.82) is 0 Å². The molecule has 0 saturated carbocycles. The molecule has 1 amide bonds. The van der Waals surface area contributed by atoms with Gasteiger partial charge in [-0.2, -0.15) is 0 Å². The van der Waals surface area contributed by atoms with E-state index >= 15 is 0 Å². The molecule has 0 atom stereocenters. The lowest BCUT2D eigenvalue weighted by molar-refractivity contribution is -0.117. The van der Waals surface area contributed by atoms with Crippen molar-refractivity contribution in [2.45, 2.75) is 25.7 Å². The number of fused-ring (bicyclic) bond motifs is 1. The summed E-state index contributed by atoms with van der Waals surface area (Å²) in [6, 6.07) is 6.21. The number of anilines is 1. The Balaban J connectivity index is 2.21. The van der Waals surface area contributed by atoms with Gasteiger partial charge in [-0.1, -0.05) is 18.2 Å². The molecule has 3 nitrogen and oxygen atoms in total. The first-order valence-corrected chi connectivity index (χ1v) is 5.81. The predicted octanol–water partition coefficient (Wildman–Crippen LogP) is 1.49. The Morgan fingerprint density at radius 2 is 2.19 bits per heavy atom. The molecule has 0 aromatic heterocycles. The van der Waals surface area contributed by atoms with Crippen LogP contribution in [0, 0.1) is 0 Å². The maximum atomic E-state index is 11.6. The number of nitrogens with zero attached hydrogens (tertiary/aromatic N) is 1. The van der Waals surface area contributed by atoms with E-state index in [9.17, 15) is 4.79 Å². The molecule has 2 rings (SSSR count). The van der Waals surface area contributed by atoms with E-state index in [1.165, 1.54) is 5.56 Å². The largest absolute Gasteiger partial charge is 0.330 e. The number of para-hydroxylation sites is 1. The van der Waals surface area contributed by atoms with Gasteiger partial charge in [-0.15, -0.1) is 0 Å². The van der Waals surface area contributed by atoms with Gasteiger partial charge in [0.25, 0.3) is 0 Å². The highest BCUT2D eigenvalue weighted by atomic mass is 16.2. The second kappa shape index (κ2) is 4.66. The number of hydrogen-bond acceptors (Lipinski definition) is 2. The number of likely N-dealkylation sites (N-methyl/N-ethyl adjacent to an activating group) is 1. The monoisotopic (exact) mass is 218 g/mol. The van der Waals surface area contributed by atoms with E-state index in [1.807, 2.05) is 19.2 Å². The van der Waals surface area contributed by atoms with Crippen LogP contribution in [0.25, 0.3) is 0 Å². The number of carbonyl (C=O) groups is 1. The van der Waals surface area contributed by atoms with E-state index in [-0.39, 0.29) is 5.91 Å². The summed E-state index contributed by atoms with van der Waals surface area (Å²) in [5.41, 5.74) is 9.06. The fourth-order valence-corrected chi connectivity index (χ4v) is 2.29. The van der Waals surface area contributed by atoms with Crippen LogP contribution >= 0.6 is 0 Å². The van der Waals surface area contributed by atoms with E-state index in [1.54, 1.807) is 4.90 Å². The Hall–Kier alpha value is -1.35. The van der Waals surface area contributed by atoms with Gasteiger partial charge in [0.2, 0.25) is 5.91 Å². The van der Waals surface area contributed by atoms with Crippen molar-refractivity contribution in [1.82, 2.24) is 0 Å². The highest BCUT2D eigenvalue weighted by molar-refractivity contribution is 6.01. The summed E-state index contributed by atoms with van der Waals surface area (Å²) in [7, 11) is 1.86. The zero-order valence-corrected chi connectivity index (χ0v) is 9.70. The first-order chi connectivity index (χ1) is 7.74. The van der Waals surface area contributed by atoms with Crippen LogP contribution in [-0.2, 0) is 17.6 Å². The normalized spacial score (nSPS) is 14.4. The van der Waals surface area contributed by atoms with Crippen molar-refractivity contribution in [3.8, 4) is 0 Å². The molecule has 0 bridgehead atoms. The van der Waals surface area contributed by atoms with Gasteiger partial charge in [0.15, 0.2) is 0 Å². The van der Waals surface area contributed by atoms with E-state index in [0.29, 0.717) is 6.42 Å². The summed E-state index contributed by atoms with van der Waals surface area (Å²) in [5, 5.41) is 0. The highest BCUT2D eigenvalue weighted by Gasteiger charge is 2.25. The van der Waals surface area contributed by atoms with Gasteiger partial charge in [0.1, 0.15) is 0 Å². The minimum Gasteiger partial charge on any atom is -0.330 e. The van der Waals surface area contributed by atoms with E-state index < -0.39 is 0 Å². The highest BCUT2D eigenvalue weighted by Crippen LogP contribution is 2.32. The molecule has 1 aliphatic rings. The Bertz CT molecular complexity index is 401. The van der Waals surface area contributed by atoms with Gasteiger partial charge >= 0.3 is 0 Å². The molecule has 1 aromatic carbocycles. The van der Waals surface area contributed by atoms with Gasteiger partial charge in [0, 0.05) is 7.05 Å². The first kappa shape index (κ1) is 11.1. The summed E-state index contributed by atoms with van der Waals surface area (Å²) in [6.45, 7) is 0.740. The molecule has 0 fully saturated rings. The average Bonchev–Trinajstić information content (AvgIpc) is 2.56. The van der Waals surface area contributed by atoms with Crippen LogP contribution in [0.5, 0.6) is 0 Å². The predicted molar refractivity (Wildman–Crippen MR) is 65.5 cm³/mol. The summed E-state index contributed by atoms with van der Waals surface area (Å²) in [6.07, 6.45) is 3.70. The Kier molecular flexibility index (Phi) is 3.25. The minimum absolute atomic E-state index is 0.196. The first-order valence-electron chi connectivity index (χ1n) is 5.81. The molecule has 0 saturated heterocycles. The lowest BCUT2D eigenvalue weighted by Gasteiger charge is -2.15. The zero-order chi connectivity index (χ0) is 11.5. The SMILES string of the molecule is CN1C(=O)Cc2cccc(CCCCN)c21. The number of rotatable bonds is 4. The van der Waals surface area contributed by atoms with E-state index in [2.05, 4.69) is 6.07 Å². The molecule has 0 aliphatic carbocycles. The molecule has 0 spiro atoms. The second-order valence-electron chi connectivity index (χ2n) is 4.30. The maximum Gasteiger partial charge on any atom is 0.231 e. The summed E-state index contributed by atoms with van der Waals surface area (Å²) in [4.78, 5) is 13.4. The molecular weight excluding hydrogens is 200 g/mol. The fourth-order valence-electron chi connectivity index (χ4n) is 2.29. The van der Waals surface area contributed by atoms with Crippen LogP contribution in [0.15, 0.2) is 18.2 Å². The van der Waals surface area contributed by atoms with Crippen molar-refractivity contribution in [3.05, 3.63) is 29.3 Å². The van der Waals surface area contributed by atoms with Crippen molar-refractivity contribution in [2.24, 2.45) is 5.73 Å². The van der Waals surface area contributed by atoms with Gasteiger partial charge < -0.3 is 10.6 Å². The summed E-state index contributed by atoms with van der Waals surface area (Å²) in [5.74, 6) is 0.196. The maximum absolute atomic E-state index is 11.6. The van der Waals surface area contributed by atoms with Crippen LogP contribution in [0.4, 0.5) is 5.69 Å². The number of nitrogens with two attached hydrogens (primary N) is 1. The Morgan fingerprint density at radius 1 is 1.38 bits per heavy atom. The summed E-state index contributed by atoms with van der Waals surface area (Å²) >= 11 is 0. The number of unbranched alkanes of at least 4 members (excludes halogenated alkanes) is 1. The van der Waals surface area contributed by atoms with Gasteiger partial charge in [-0.3, -0.25) is 4.79 Å². The van der Waals surface area contributed by atoms with Crippen molar-refractivity contribution >= 4 is 11.6 Å². The van der Waals surface area contributed by atoms with Gasteiger partial charge in [0.05, 0.1) is 12.1 Å². The topological polar surface area (TPSA) is 46.3 Å². The molecule has 16 heavy (non-hydrogen) atoms. The third-order valence-corrected chi connectivity index (χ3v) is 3.15. The smallest absolute Gasteiger partial charge is 0.231 e. The molecule has 1 aliphatic heterocycles. The zero-order valence-electron chi connectivity index (χ0n) is 9.70. The van der Waals surface area contributed by atoms with Crippen molar-refractivity contribution < 1.29 is 4.79 Å². The van der Waals surface area contributed by atoms with Gasteiger partial charge in [-0.25, -0.2) is 0 Å². The quantitative estimate of drug-likeness (QED) is 0.778. The number of hydrogen-bond donors (Lipinski definition) is 1. The fraction of sp³-hybridized carbons (Fsp3) is 0.462. The van der Waals surface area contributed by atoms with Gasteiger partial charge in [-0.05, 0) is 36.9 Å². The minimum atomic E-state index is 0.196. The molecule has 86 valence electrons. The number of carbonyl (C=O) groups excluding carboxylic acids is 1. The van der Waals surface area contributed by atoms with E-state index in [4.69, 9.17) is 5.73 Å². The molecule has 1 heterocycles. The molecule has 3 heteroatoms. The Morgan fingerprint density at radius 3 is 2.94 bits per heavy atom. The van der Waals surface area contributed by atoms with Crippen LogP contribution in [0.2, 0.25) is 0 Å². The molecule has 0 radical (unpaired) electrons. The number of benzene rings is 1. The third-order valence-electron chi connectivity index (χ3n) is 3.15. The molecule has 2 N–H and O–H groups in total. The van der Waals surface area contributed by atoms with Crippen LogP contribution < -0.4 is 10.6 Å². The van der Waals surface area contributed by atoms with Crippen LogP contribution in [0.3, 0.4) is 0 Å². The number of amides is 1. The lowest BCUT2D eigenvalue weighted by Crippen LogP contribution is -2.21. The summed E-state index contributed by atoms with van der Waals surface area (Å²) < 4.78 is 0.